The fourth-order valence-corrected chi connectivity index (χ4v) is 10.2. The largest absolute Gasteiger partial charge is 0.461 e. The molecule has 4 aliphatic rings. The van der Waals surface area contributed by atoms with Gasteiger partial charge in [0.2, 0.25) is 0 Å². The van der Waals surface area contributed by atoms with Crippen molar-refractivity contribution in [1.29, 1.82) is 0 Å². The summed E-state index contributed by atoms with van der Waals surface area (Å²) in [4.78, 5) is 15.0. The van der Waals surface area contributed by atoms with E-state index in [2.05, 4.69) is 47.6 Å². The van der Waals surface area contributed by atoms with Gasteiger partial charge in [-0.2, -0.15) is 0 Å². The van der Waals surface area contributed by atoms with E-state index >= 15 is 0 Å². The highest BCUT2D eigenvalue weighted by Crippen LogP contribution is 2.67. The standard InChI is InChI=1S/C34H59NO4/c1-21(2)31(35(7)8)32(38)39-25-14-16-33(5)24(18-25)12-13-26-27(33)15-17-34(6)28(26)19-29(37)30(34)23(4)11-9-10-22(3)20-36/h12,21-23,25-31,36-37H,9-11,13-20H2,1-8H3/t22-,23-,25+,26-,27+,28+,29+,30+,31+,33+,34+/m1/s1. The molecule has 0 spiro atoms. The number of aliphatic hydroxyl groups is 2. The Morgan fingerprint density at radius 2 is 1.82 bits per heavy atom. The highest BCUT2D eigenvalue weighted by molar-refractivity contribution is 5.76. The van der Waals surface area contributed by atoms with Crippen molar-refractivity contribution in [2.75, 3.05) is 20.7 Å². The first-order chi connectivity index (χ1) is 18.3. The van der Waals surface area contributed by atoms with Gasteiger partial charge in [-0.3, -0.25) is 9.69 Å². The molecule has 0 saturated heterocycles. The molecule has 0 aromatic heterocycles. The summed E-state index contributed by atoms with van der Waals surface area (Å²) in [6.07, 6.45) is 13.2. The zero-order valence-electron chi connectivity index (χ0n) is 26.3. The topological polar surface area (TPSA) is 70.0 Å². The first kappa shape index (κ1) is 31.0. The molecular formula is C34H59NO4. The molecule has 0 unspecified atom stereocenters. The number of likely N-dealkylation sites (N-methyl/N-ethyl adjacent to an activating group) is 1. The number of carbonyl (C=O) groups is 1. The van der Waals surface area contributed by atoms with Crippen LogP contribution in [0.25, 0.3) is 0 Å². The third kappa shape index (κ3) is 5.89. The van der Waals surface area contributed by atoms with Gasteiger partial charge >= 0.3 is 5.97 Å². The third-order valence-corrected chi connectivity index (χ3v) is 12.2. The summed E-state index contributed by atoms with van der Waals surface area (Å²) < 4.78 is 6.13. The van der Waals surface area contributed by atoms with Crippen molar-refractivity contribution in [3.8, 4) is 0 Å². The molecule has 11 atom stereocenters. The Labute approximate surface area is 239 Å². The summed E-state index contributed by atoms with van der Waals surface area (Å²) in [6, 6.07) is -0.193. The van der Waals surface area contributed by atoms with Crippen LogP contribution in [0.2, 0.25) is 0 Å². The van der Waals surface area contributed by atoms with Gasteiger partial charge in [0.05, 0.1) is 6.10 Å². The van der Waals surface area contributed by atoms with E-state index in [1.807, 2.05) is 19.0 Å². The maximum atomic E-state index is 13.0. The summed E-state index contributed by atoms with van der Waals surface area (Å²) in [6.45, 7) is 14.0. The average Bonchev–Trinajstić information content (AvgIpc) is 3.13. The lowest BCUT2D eigenvalue weighted by atomic mass is 9.47. The molecule has 2 N–H and O–H groups in total. The molecule has 4 aliphatic carbocycles. The second-order valence-corrected chi connectivity index (χ2v) is 15.3. The van der Waals surface area contributed by atoms with Gasteiger partial charge in [0.1, 0.15) is 12.1 Å². The lowest BCUT2D eigenvalue weighted by molar-refractivity contribution is -0.158. The van der Waals surface area contributed by atoms with Crippen LogP contribution in [0.1, 0.15) is 106 Å². The normalized spacial score (nSPS) is 40.4. The van der Waals surface area contributed by atoms with Gasteiger partial charge in [0, 0.05) is 13.0 Å². The third-order valence-electron chi connectivity index (χ3n) is 12.2. The quantitative estimate of drug-likeness (QED) is 0.243. The molecular weight excluding hydrogens is 486 g/mol. The van der Waals surface area contributed by atoms with Crippen molar-refractivity contribution in [3.05, 3.63) is 11.6 Å². The van der Waals surface area contributed by atoms with Gasteiger partial charge in [-0.25, -0.2) is 0 Å². The van der Waals surface area contributed by atoms with E-state index in [-0.39, 0.29) is 47.6 Å². The number of fused-ring (bicyclic) bond motifs is 5. The molecule has 0 aromatic rings. The number of allylic oxidation sites excluding steroid dienone is 1. The lowest BCUT2D eigenvalue weighted by Gasteiger charge is -2.58. The lowest BCUT2D eigenvalue weighted by Crippen LogP contribution is -2.51. The highest BCUT2D eigenvalue weighted by atomic mass is 16.5. The van der Waals surface area contributed by atoms with Crippen LogP contribution < -0.4 is 0 Å². The SMILES string of the molecule is CC(C)[C@@H](C(=O)O[C@H]1CC[C@@]2(C)C(=CC[C@H]3[C@@H]4C[C@H](O)[C@H]([C@H](C)CCC[C@@H](C)CO)[C@@]4(C)CC[C@@H]32)C1)N(C)C. The van der Waals surface area contributed by atoms with Crippen molar-refractivity contribution in [2.45, 2.75) is 124 Å². The van der Waals surface area contributed by atoms with E-state index in [1.54, 1.807) is 0 Å². The zero-order chi connectivity index (χ0) is 28.7. The van der Waals surface area contributed by atoms with Crippen molar-refractivity contribution < 1.29 is 19.7 Å². The average molecular weight is 546 g/mol. The molecule has 3 fully saturated rings. The predicted molar refractivity (Wildman–Crippen MR) is 158 cm³/mol. The molecule has 3 saturated carbocycles. The Morgan fingerprint density at radius 3 is 2.46 bits per heavy atom. The van der Waals surface area contributed by atoms with Crippen LogP contribution in [-0.2, 0) is 9.53 Å². The van der Waals surface area contributed by atoms with Crippen LogP contribution in [0.5, 0.6) is 0 Å². The summed E-state index contributed by atoms with van der Waals surface area (Å²) in [5.41, 5.74) is 1.94. The minimum Gasteiger partial charge on any atom is -0.461 e. The smallest absolute Gasteiger partial charge is 0.323 e. The van der Waals surface area contributed by atoms with Crippen LogP contribution in [0.15, 0.2) is 11.6 Å². The molecule has 0 aromatic carbocycles. The first-order valence-corrected chi connectivity index (χ1v) is 16.2. The van der Waals surface area contributed by atoms with E-state index in [0.29, 0.717) is 35.5 Å². The zero-order valence-corrected chi connectivity index (χ0v) is 26.3. The molecule has 0 bridgehead atoms. The van der Waals surface area contributed by atoms with Crippen molar-refractivity contribution >= 4 is 5.97 Å². The van der Waals surface area contributed by atoms with Crippen molar-refractivity contribution in [2.24, 2.45) is 52.3 Å². The minimum absolute atomic E-state index is 0.00415. The number of hydrogen-bond acceptors (Lipinski definition) is 5. The van der Waals surface area contributed by atoms with Crippen molar-refractivity contribution in [3.63, 3.8) is 0 Å². The maximum Gasteiger partial charge on any atom is 0.323 e. The van der Waals surface area contributed by atoms with E-state index < -0.39 is 0 Å². The van der Waals surface area contributed by atoms with Crippen LogP contribution in [-0.4, -0.2) is 60.0 Å². The van der Waals surface area contributed by atoms with Crippen LogP contribution in [0.4, 0.5) is 0 Å². The van der Waals surface area contributed by atoms with Crippen LogP contribution in [0.3, 0.4) is 0 Å². The van der Waals surface area contributed by atoms with E-state index in [4.69, 9.17) is 4.74 Å². The number of aliphatic hydroxyl groups excluding tert-OH is 2. The Hall–Kier alpha value is -0.910. The Balaban J connectivity index is 1.44. The Morgan fingerprint density at radius 1 is 1.10 bits per heavy atom. The van der Waals surface area contributed by atoms with Gasteiger partial charge in [-0.05, 0) is 111 Å². The van der Waals surface area contributed by atoms with E-state index in [0.717, 1.165) is 51.4 Å². The van der Waals surface area contributed by atoms with E-state index in [9.17, 15) is 15.0 Å². The molecule has 0 aliphatic heterocycles. The number of esters is 1. The van der Waals surface area contributed by atoms with Gasteiger partial charge in [-0.1, -0.05) is 66.0 Å². The van der Waals surface area contributed by atoms with Crippen LogP contribution >= 0.6 is 0 Å². The fourth-order valence-electron chi connectivity index (χ4n) is 10.2. The monoisotopic (exact) mass is 545 g/mol. The molecule has 224 valence electrons. The van der Waals surface area contributed by atoms with Gasteiger partial charge in [0.15, 0.2) is 0 Å². The summed E-state index contributed by atoms with van der Waals surface area (Å²) in [5.74, 6) is 3.34. The Bertz CT molecular complexity index is 876. The fraction of sp³-hybridized carbons (Fsp3) is 0.912. The summed E-state index contributed by atoms with van der Waals surface area (Å²) in [5, 5.41) is 20.8. The Kier molecular flexibility index (Phi) is 9.66. The van der Waals surface area contributed by atoms with Gasteiger partial charge < -0.3 is 14.9 Å². The van der Waals surface area contributed by atoms with Gasteiger partial charge in [0.25, 0.3) is 0 Å². The number of rotatable bonds is 10. The number of nitrogens with zero attached hydrogens (tertiary/aromatic N) is 1. The first-order valence-electron chi connectivity index (χ1n) is 16.2. The second-order valence-electron chi connectivity index (χ2n) is 15.3. The summed E-state index contributed by atoms with van der Waals surface area (Å²) in [7, 11) is 3.93. The molecule has 5 nitrogen and oxygen atoms in total. The summed E-state index contributed by atoms with van der Waals surface area (Å²) >= 11 is 0. The molecule has 0 amide bonds. The van der Waals surface area contributed by atoms with Crippen LogP contribution in [0, 0.1) is 52.3 Å². The van der Waals surface area contributed by atoms with Gasteiger partial charge in [-0.15, -0.1) is 0 Å². The maximum absolute atomic E-state index is 13.0. The van der Waals surface area contributed by atoms with E-state index in [1.165, 1.54) is 18.4 Å². The molecule has 0 heterocycles. The molecule has 4 rings (SSSR count). The molecule has 5 heteroatoms. The van der Waals surface area contributed by atoms with Crippen molar-refractivity contribution in [1.82, 2.24) is 4.90 Å². The molecule has 39 heavy (non-hydrogen) atoms. The minimum atomic E-state index is -0.193. The second kappa shape index (κ2) is 12.1. The number of ether oxygens (including phenoxy) is 1. The molecule has 0 radical (unpaired) electrons. The predicted octanol–water partition coefficient (Wildman–Crippen LogP) is 6.47. The number of hydrogen-bond donors (Lipinski definition) is 2. The number of carbonyl (C=O) groups excluding carboxylic acids is 1. The highest BCUT2D eigenvalue weighted by Gasteiger charge is 2.61.